The SMILES string of the molecule is COc1cc(CC(C)Nc2ccc(C)c(NS(C)(=O)=O)c2)ccn1. The zero-order chi connectivity index (χ0) is 17.7. The fraction of sp³-hybridized carbons (Fsp3) is 0.353. The highest BCUT2D eigenvalue weighted by Crippen LogP contribution is 2.22. The largest absolute Gasteiger partial charge is 0.481 e. The average molecular weight is 349 g/mol. The number of nitrogens with one attached hydrogen (secondary N) is 2. The Hall–Kier alpha value is -2.28. The van der Waals surface area contributed by atoms with Crippen molar-refractivity contribution >= 4 is 21.4 Å². The molecule has 2 rings (SSSR count). The van der Waals surface area contributed by atoms with Gasteiger partial charge in [0, 0.05) is 24.0 Å². The fourth-order valence-corrected chi connectivity index (χ4v) is 3.02. The molecule has 1 aromatic carbocycles. The topological polar surface area (TPSA) is 80.3 Å². The molecule has 0 saturated heterocycles. The Labute approximate surface area is 143 Å². The van der Waals surface area contributed by atoms with E-state index < -0.39 is 10.0 Å². The van der Waals surface area contributed by atoms with Gasteiger partial charge in [0.25, 0.3) is 0 Å². The molecule has 7 heteroatoms. The normalized spacial score (nSPS) is 12.5. The van der Waals surface area contributed by atoms with Crippen molar-refractivity contribution in [3.05, 3.63) is 47.7 Å². The van der Waals surface area contributed by atoms with Crippen LogP contribution in [0.15, 0.2) is 36.5 Å². The fourth-order valence-electron chi connectivity index (χ4n) is 2.40. The number of ether oxygens (including phenoxy) is 1. The number of pyridine rings is 1. The van der Waals surface area contributed by atoms with Crippen molar-refractivity contribution in [3.63, 3.8) is 0 Å². The van der Waals surface area contributed by atoms with Crippen LogP contribution in [0.25, 0.3) is 0 Å². The van der Waals surface area contributed by atoms with Crippen LogP contribution < -0.4 is 14.8 Å². The summed E-state index contributed by atoms with van der Waals surface area (Å²) in [7, 11) is -1.71. The molecule has 2 aromatic rings. The summed E-state index contributed by atoms with van der Waals surface area (Å²) < 4.78 is 30.5. The number of nitrogens with zero attached hydrogens (tertiary/aromatic N) is 1. The molecule has 1 heterocycles. The van der Waals surface area contributed by atoms with Gasteiger partial charge in [-0.25, -0.2) is 13.4 Å². The zero-order valence-electron chi connectivity index (χ0n) is 14.3. The number of methoxy groups -OCH3 is 1. The first kappa shape index (κ1) is 18.1. The van der Waals surface area contributed by atoms with Crippen LogP contribution in [0.3, 0.4) is 0 Å². The molecule has 1 aromatic heterocycles. The first-order valence-corrected chi connectivity index (χ1v) is 9.50. The smallest absolute Gasteiger partial charge is 0.229 e. The number of hydrogen-bond donors (Lipinski definition) is 2. The maximum absolute atomic E-state index is 11.4. The van der Waals surface area contributed by atoms with E-state index in [4.69, 9.17) is 4.74 Å². The van der Waals surface area contributed by atoms with Gasteiger partial charge in [-0.3, -0.25) is 4.72 Å². The van der Waals surface area contributed by atoms with Crippen molar-refractivity contribution in [2.45, 2.75) is 26.3 Å². The highest BCUT2D eigenvalue weighted by molar-refractivity contribution is 7.92. The van der Waals surface area contributed by atoms with Crippen LogP contribution in [0.5, 0.6) is 5.88 Å². The summed E-state index contributed by atoms with van der Waals surface area (Å²) in [5, 5.41) is 3.39. The molecule has 0 spiro atoms. The Bertz CT molecular complexity index is 806. The monoisotopic (exact) mass is 349 g/mol. The van der Waals surface area contributed by atoms with E-state index in [2.05, 4.69) is 21.9 Å². The minimum Gasteiger partial charge on any atom is -0.481 e. The minimum atomic E-state index is -3.30. The van der Waals surface area contributed by atoms with Gasteiger partial charge in [0.1, 0.15) is 0 Å². The molecule has 0 bridgehead atoms. The van der Waals surface area contributed by atoms with Crippen LogP contribution in [0, 0.1) is 6.92 Å². The van der Waals surface area contributed by atoms with Gasteiger partial charge in [-0.05, 0) is 49.6 Å². The molecule has 0 fully saturated rings. The Morgan fingerprint density at radius 2 is 2.00 bits per heavy atom. The molecule has 0 aliphatic heterocycles. The second-order valence-electron chi connectivity index (χ2n) is 5.86. The zero-order valence-corrected chi connectivity index (χ0v) is 15.1. The van der Waals surface area contributed by atoms with E-state index in [1.807, 2.05) is 31.2 Å². The van der Waals surface area contributed by atoms with Gasteiger partial charge in [-0.2, -0.15) is 0 Å². The molecular formula is C17H23N3O3S. The molecule has 0 saturated carbocycles. The van der Waals surface area contributed by atoms with E-state index in [0.717, 1.165) is 29.5 Å². The number of benzene rings is 1. The van der Waals surface area contributed by atoms with Crippen LogP contribution in [-0.2, 0) is 16.4 Å². The molecule has 2 N–H and O–H groups in total. The second kappa shape index (κ2) is 7.53. The van der Waals surface area contributed by atoms with Crippen molar-refractivity contribution in [2.75, 3.05) is 23.4 Å². The van der Waals surface area contributed by atoms with E-state index >= 15 is 0 Å². The maximum atomic E-state index is 11.4. The Morgan fingerprint density at radius 1 is 1.25 bits per heavy atom. The molecule has 130 valence electrons. The summed E-state index contributed by atoms with van der Waals surface area (Å²) >= 11 is 0. The quantitative estimate of drug-likeness (QED) is 0.803. The third-order valence-corrected chi connectivity index (χ3v) is 4.09. The van der Waals surface area contributed by atoms with Crippen molar-refractivity contribution in [3.8, 4) is 5.88 Å². The van der Waals surface area contributed by atoms with Gasteiger partial charge in [-0.1, -0.05) is 6.07 Å². The van der Waals surface area contributed by atoms with E-state index in [-0.39, 0.29) is 6.04 Å². The lowest BCUT2D eigenvalue weighted by molar-refractivity contribution is 0.397. The summed E-state index contributed by atoms with van der Waals surface area (Å²) in [5.74, 6) is 0.592. The van der Waals surface area contributed by atoms with Gasteiger partial charge in [0.15, 0.2) is 0 Å². The second-order valence-corrected chi connectivity index (χ2v) is 7.61. The van der Waals surface area contributed by atoms with Crippen LogP contribution >= 0.6 is 0 Å². The van der Waals surface area contributed by atoms with Gasteiger partial charge in [-0.15, -0.1) is 0 Å². The molecule has 6 nitrogen and oxygen atoms in total. The highest BCUT2D eigenvalue weighted by atomic mass is 32.2. The predicted octanol–water partition coefficient (Wildman–Crippen LogP) is 2.81. The van der Waals surface area contributed by atoms with Crippen LogP contribution in [-0.4, -0.2) is 32.8 Å². The molecule has 1 unspecified atom stereocenters. The average Bonchev–Trinajstić information content (AvgIpc) is 2.49. The standard InChI is InChI=1S/C17H23N3O3S/c1-12-5-6-15(11-16(12)20-24(4,21)22)19-13(2)9-14-7-8-18-17(10-14)23-3/h5-8,10-11,13,19-20H,9H2,1-4H3. The van der Waals surface area contributed by atoms with Crippen LogP contribution in [0.4, 0.5) is 11.4 Å². The lowest BCUT2D eigenvalue weighted by Gasteiger charge is -2.17. The summed E-state index contributed by atoms with van der Waals surface area (Å²) in [6.07, 6.45) is 3.66. The lowest BCUT2D eigenvalue weighted by atomic mass is 10.1. The number of aryl methyl sites for hydroxylation is 1. The molecule has 0 amide bonds. The third-order valence-electron chi connectivity index (χ3n) is 3.50. The number of sulfonamides is 1. The van der Waals surface area contributed by atoms with Gasteiger partial charge >= 0.3 is 0 Å². The van der Waals surface area contributed by atoms with Crippen molar-refractivity contribution < 1.29 is 13.2 Å². The van der Waals surface area contributed by atoms with Crippen LogP contribution in [0.1, 0.15) is 18.1 Å². The Kier molecular flexibility index (Phi) is 5.66. The molecule has 0 radical (unpaired) electrons. The van der Waals surface area contributed by atoms with E-state index in [0.29, 0.717) is 11.6 Å². The van der Waals surface area contributed by atoms with Crippen molar-refractivity contribution in [1.29, 1.82) is 0 Å². The maximum Gasteiger partial charge on any atom is 0.229 e. The van der Waals surface area contributed by atoms with E-state index in [1.165, 1.54) is 0 Å². The van der Waals surface area contributed by atoms with E-state index in [1.54, 1.807) is 19.4 Å². The predicted molar refractivity (Wildman–Crippen MR) is 97.2 cm³/mol. The minimum absolute atomic E-state index is 0.158. The first-order chi connectivity index (χ1) is 11.3. The van der Waals surface area contributed by atoms with Crippen LogP contribution in [0.2, 0.25) is 0 Å². The van der Waals surface area contributed by atoms with E-state index in [9.17, 15) is 8.42 Å². The van der Waals surface area contributed by atoms with Gasteiger partial charge < -0.3 is 10.1 Å². The summed E-state index contributed by atoms with van der Waals surface area (Å²) in [4.78, 5) is 4.10. The number of aromatic nitrogens is 1. The molecule has 0 aliphatic carbocycles. The number of hydrogen-bond acceptors (Lipinski definition) is 5. The summed E-state index contributed by atoms with van der Waals surface area (Å²) in [5.41, 5.74) is 3.43. The lowest BCUT2D eigenvalue weighted by Crippen LogP contribution is -2.18. The Balaban J connectivity index is 2.08. The van der Waals surface area contributed by atoms with Crippen molar-refractivity contribution in [2.24, 2.45) is 0 Å². The first-order valence-electron chi connectivity index (χ1n) is 7.61. The summed E-state index contributed by atoms with van der Waals surface area (Å²) in [6, 6.07) is 9.65. The molecular weight excluding hydrogens is 326 g/mol. The Morgan fingerprint density at radius 3 is 2.67 bits per heavy atom. The summed E-state index contributed by atoms with van der Waals surface area (Å²) in [6.45, 7) is 3.93. The highest BCUT2D eigenvalue weighted by Gasteiger charge is 2.09. The van der Waals surface area contributed by atoms with Crippen molar-refractivity contribution in [1.82, 2.24) is 4.98 Å². The molecule has 24 heavy (non-hydrogen) atoms. The number of anilines is 2. The third kappa shape index (κ3) is 5.42. The van der Waals surface area contributed by atoms with Gasteiger partial charge in [0.05, 0.1) is 19.1 Å². The van der Waals surface area contributed by atoms with Gasteiger partial charge in [0.2, 0.25) is 15.9 Å². The number of rotatable bonds is 7. The molecule has 1 atom stereocenters. The molecule has 0 aliphatic rings.